The minimum absolute atomic E-state index is 0.210. The molecule has 1 amide bonds. The molecule has 7 heteroatoms. The summed E-state index contributed by atoms with van der Waals surface area (Å²) < 4.78 is 5.35. The number of nitrogens with zero attached hydrogens (tertiary/aromatic N) is 2. The number of carbonyl (C=O) groups excluding carboxylic acids is 1. The van der Waals surface area contributed by atoms with Gasteiger partial charge in [0.2, 0.25) is 0 Å². The molecule has 1 fully saturated rings. The first-order valence-electron chi connectivity index (χ1n) is 8.46. The summed E-state index contributed by atoms with van der Waals surface area (Å²) in [6.07, 6.45) is 0. The van der Waals surface area contributed by atoms with Crippen LogP contribution in [0.4, 0.5) is 11.4 Å². The van der Waals surface area contributed by atoms with Crippen LogP contribution in [0.15, 0.2) is 59.8 Å². The van der Waals surface area contributed by atoms with Gasteiger partial charge in [0.05, 0.1) is 13.2 Å². The van der Waals surface area contributed by atoms with E-state index in [2.05, 4.69) is 15.4 Å². The van der Waals surface area contributed by atoms with E-state index in [4.69, 9.17) is 15.3 Å². The number of amides is 1. The van der Waals surface area contributed by atoms with Crippen molar-refractivity contribution in [2.45, 2.75) is 0 Å². The van der Waals surface area contributed by atoms with E-state index in [1.807, 2.05) is 54.6 Å². The molecule has 0 radical (unpaired) electrons. The van der Waals surface area contributed by atoms with Crippen molar-refractivity contribution in [1.82, 2.24) is 0 Å². The van der Waals surface area contributed by atoms with Gasteiger partial charge in [0.1, 0.15) is 0 Å². The monoisotopic (exact) mass is 354 g/mol. The summed E-state index contributed by atoms with van der Waals surface area (Å²) in [5.41, 5.74) is 8.36. The predicted molar refractivity (Wildman–Crippen MR) is 101 cm³/mol. The highest BCUT2D eigenvalue weighted by Crippen LogP contribution is 2.18. The fourth-order valence-corrected chi connectivity index (χ4v) is 2.60. The molecule has 0 aromatic heterocycles. The number of amidine groups is 1. The quantitative estimate of drug-likeness (QED) is 0.469. The molecule has 7 nitrogen and oxygen atoms in total. The molecular weight excluding hydrogens is 332 g/mol. The number of hydrogen-bond donors (Lipinski definition) is 2. The van der Waals surface area contributed by atoms with Crippen LogP contribution >= 0.6 is 0 Å². The fourth-order valence-electron chi connectivity index (χ4n) is 2.60. The molecule has 1 aliphatic heterocycles. The molecule has 0 saturated carbocycles. The van der Waals surface area contributed by atoms with Crippen molar-refractivity contribution in [2.75, 3.05) is 43.1 Å². The molecule has 3 rings (SSSR count). The first-order chi connectivity index (χ1) is 12.7. The van der Waals surface area contributed by atoms with Gasteiger partial charge in [-0.2, -0.15) is 0 Å². The second kappa shape index (κ2) is 8.87. The zero-order chi connectivity index (χ0) is 18.2. The van der Waals surface area contributed by atoms with Crippen molar-refractivity contribution in [3.05, 3.63) is 60.2 Å². The van der Waals surface area contributed by atoms with Gasteiger partial charge < -0.3 is 25.5 Å². The molecule has 136 valence electrons. The molecule has 0 aliphatic carbocycles. The van der Waals surface area contributed by atoms with E-state index in [-0.39, 0.29) is 18.3 Å². The molecule has 3 N–H and O–H groups in total. The number of rotatable bonds is 6. The number of carbonyl (C=O) groups is 1. The summed E-state index contributed by atoms with van der Waals surface area (Å²) in [5.74, 6) is -0.0676. The van der Waals surface area contributed by atoms with Crippen molar-refractivity contribution < 1.29 is 14.4 Å². The Morgan fingerprint density at radius 2 is 1.81 bits per heavy atom. The van der Waals surface area contributed by atoms with Gasteiger partial charge in [0, 0.05) is 30.0 Å². The van der Waals surface area contributed by atoms with Crippen LogP contribution in [0, 0.1) is 0 Å². The van der Waals surface area contributed by atoms with Crippen LogP contribution in [-0.4, -0.2) is 44.7 Å². The van der Waals surface area contributed by atoms with E-state index in [1.54, 1.807) is 0 Å². The Morgan fingerprint density at radius 1 is 1.12 bits per heavy atom. The standard InChI is InChI=1S/C19H22N4O3/c20-19(15-4-2-1-3-5-15)22-26-14-18(24)21-16-6-8-17(9-7-16)23-10-12-25-13-11-23/h1-9H,10-14H2,(H2,20,22)(H,21,24). The Labute approximate surface area is 152 Å². The van der Waals surface area contributed by atoms with E-state index in [1.165, 1.54) is 0 Å². The van der Waals surface area contributed by atoms with Crippen molar-refractivity contribution in [1.29, 1.82) is 0 Å². The van der Waals surface area contributed by atoms with Crippen LogP contribution in [0.2, 0.25) is 0 Å². The van der Waals surface area contributed by atoms with Gasteiger partial charge >= 0.3 is 0 Å². The lowest BCUT2D eigenvalue weighted by Gasteiger charge is -2.28. The molecule has 2 aromatic carbocycles. The predicted octanol–water partition coefficient (Wildman–Crippen LogP) is 1.80. The number of oxime groups is 1. The number of hydrogen-bond acceptors (Lipinski definition) is 5. The van der Waals surface area contributed by atoms with E-state index in [0.717, 1.165) is 37.6 Å². The molecule has 0 unspecified atom stereocenters. The highest BCUT2D eigenvalue weighted by Gasteiger charge is 2.11. The smallest absolute Gasteiger partial charge is 0.265 e. The number of benzene rings is 2. The van der Waals surface area contributed by atoms with Crippen molar-refractivity contribution in [3.63, 3.8) is 0 Å². The number of nitrogens with two attached hydrogens (primary N) is 1. The number of anilines is 2. The van der Waals surface area contributed by atoms with E-state index < -0.39 is 0 Å². The SMILES string of the molecule is NC(=NOCC(=O)Nc1ccc(N2CCOCC2)cc1)c1ccccc1. The third-order valence-corrected chi connectivity index (χ3v) is 3.96. The van der Waals surface area contributed by atoms with E-state index in [0.29, 0.717) is 5.69 Å². The lowest BCUT2D eigenvalue weighted by Crippen LogP contribution is -2.36. The summed E-state index contributed by atoms with van der Waals surface area (Å²) in [6.45, 7) is 3.02. The third kappa shape index (κ3) is 4.97. The van der Waals surface area contributed by atoms with Gasteiger partial charge in [0.15, 0.2) is 12.4 Å². The van der Waals surface area contributed by atoms with Gasteiger partial charge in [-0.3, -0.25) is 4.79 Å². The molecule has 1 saturated heterocycles. The molecule has 26 heavy (non-hydrogen) atoms. The Hall–Kier alpha value is -3.06. The molecular formula is C19H22N4O3. The zero-order valence-corrected chi connectivity index (χ0v) is 14.4. The van der Waals surface area contributed by atoms with E-state index >= 15 is 0 Å². The van der Waals surface area contributed by atoms with Crippen LogP contribution in [-0.2, 0) is 14.4 Å². The lowest BCUT2D eigenvalue weighted by atomic mass is 10.2. The molecule has 1 heterocycles. The molecule has 0 bridgehead atoms. The summed E-state index contributed by atoms with van der Waals surface area (Å²) in [4.78, 5) is 19.2. The summed E-state index contributed by atoms with van der Waals surface area (Å²) in [5, 5.41) is 6.53. The Balaban J connectivity index is 1.47. The van der Waals surface area contributed by atoms with Crippen LogP contribution in [0.3, 0.4) is 0 Å². The average molecular weight is 354 g/mol. The Bertz CT molecular complexity index is 741. The fraction of sp³-hybridized carbons (Fsp3) is 0.263. The third-order valence-electron chi connectivity index (χ3n) is 3.96. The highest BCUT2D eigenvalue weighted by atomic mass is 16.6. The van der Waals surface area contributed by atoms with Crippen molar-refractivity contribution >= 4 is 23.1 Å². The van der Waals surface area contributed by atoms with Gasteiger partial charge in [0.25, 0.3) is 5.91 Å². The molecule has 0 atom stereocenters. The second-order valence-electron chi connectivity index (χ2n) is 5.81. The topological polar surface area (TPSA) is 89.2 Å². The van der Waals surface area contributed by atoms with Crippen molar-refractivity contribution in [2.24, 2.45) is 10.9 Å². The first kappa shape index (κ1) is 17.8. The Morgan fingerprint density at radius 3 is 2.50 bits per heavy atom. The van der Waals surface area contributed by atoms with Crippen LogP contribution in [0.25, 0.3) is 0 Å². The number of ether oxygens (including phenoxy) is 1. The minimum Gasteiger partial charge on any atom is -0.384 e. The van der Waals surface area contributed by atoms with E-state index in [9.17, 15) is 4.79 Å². The first-order valence-corrected chi connectivity index (χ1v) is 8.46. The maximum atomic E-state index is 11.9. The zero-order valence-electron chi connectivity index (χ0n) is 14.4. The largest absolute Gasteiger partial charge is 0.384 e. The molecule has 0 spiro atoms. The van der Waals surface area contributed by atoms with Crippen LogP contribution in [0.5, 0.6) is 0 Å². The Kier molecular flexibility index (Phi) is 6.05. The van der Waals surface area contributed by atoms with Crippen LogP contribution < -0.4 is 16.0 Å². The number of morpholine rings is 1. The second-order valence-corrected chi connectivity index (χ2v) is 5.81. The summed E-state index contributed by atoms with van der Waals surface area (Å²) in [7, 11) is 0. The molecule has 1 aliphatic rings. The maximum absolute atomic E-state index is 11.9. The van der Waals surface area contributed by atoms with Gasteiger partial charge in [-0.15, -0.1) is 0 Å². The summed E-state index contributed by atoms with van der Waals surface area (Å²) >= 11 is 0. The minimum atomic E-state index is -0.297. The van der Waals surface area contributed by atoms with Gasteiger partial charge in [-0.05, 0) is 24.3 Å². The highest BCUT2D eigenvalue weighted by molar-refractivity contribution is 5.97. The average Bonchev–Trinajstić information content (AvgIpc) is 2.70. The molecule has 2 aromatic rings. The maximum Gasteiger partial charge on any atom is 0.265 e. The van der Waals surface area contributed by atoms with Crippen molar-refractivity contribution in [3.8, 4) is 0 Å². The van der Waals surface area contributed by atoms with Gasteiger partial charge in [-0.25, -0.2) is 0 Å². The normalized spacial score (nSPS) is 14.8. The summed E-state index contributed by atoms with van der Waals surface area (Å²) in [6, 6.07) is 16.9. The lowest BCUT2D eigenvalue weighted by molar-refractivity contribution is -0.120. The number of nitrogens with one attached hydrogen (secondary N) is 1. The van der Waals surface area contributed by atoms with Crippen LogP contribution in [0.1, 0.15) is 5.56 Å². The van der Waals surface area contributed by atoms with Gasteiger partial charge in [-0.1, -0.05) is 35.5 Å².